The van der Waals surface area contributed by atoms with Crippen molar-refractivity contribution in [2.75, 3.05) is 17.2 Å². The number of imidazole rings is 1. The van der Waals surface area contributed by atoms with E-state index in [-0.39, 0.29) is 11.5 Å². The molecule has 0 amide bonds. The normalized spacial score (nSPS) is 12.0. The lowest BCUT2D eigenvalue weighted by atomic mass is 9.86. The van der Waals surface area contributed by atoms with Crippen molar-refractivity contribution in [1.29, 1.82) is 0 Å². The lowest BCUT2D eigenvalue weighted by Gasteiger charge is -2.21. The maximum absolute atomic E-state index is 4.87. The Bertz CT molecular complexity index is 1260. The third-order valence-corrected chi connectivity index (χ3v) is 5.80. The Hall–Kier alpha value is -3.42. The SMILES string of the molecule is Cc1ccc(C(C)(C)C)cc1Nc1nc(NCCc2cnn(C)c2)nc2ncn(C(C)C)c12. The smallest absolute Gasteiger partial charge is 0.226 e. The highest BCUT2D eigenvalue weighted by molar-refractivity contribution is 5.87. The molecular formula is C25H34N8. The quantitative estimate of drug-likeness (QED) is 0.409. The van der Waals surface area contributed by atoms with E-state index in [2.05, 4.69) is 90.0 Å². The van der Waals surface area contributed by atoms with Crippen molar-refractivity contribution in [3.05, 3.63) is 53.6 Å². The van der Waals surface area contributed by atoms with Crippen molar-refractivity contribution >= 4 is 28.6 Å². The first-order chi connectivity index (χ1) is 15.6. The van der Waals surface area contributed by atoms with Gasteiger partial charge in [-0.2, -0.15) is 15.1 Å². The zero-order chi connectivity index (χ0) is 23.8. The third kappa shape index (κ3) is 4.99. The molecule has 0 aliphatic heterocycles. The Morgan fingerprint density at radius 1 is 1.12 bits per heavy atom. The fourth-order valence-electron chi connectivity index (χ4n) is 3.77. The van der Waals surface area contributed by atoms with E-state index in [0.717, 1.165) is 29.0 Å². The molecule has 0 atom stereocenters. The molecule has 0 saturated heterocycles. The molecular weight excluding hydrogens is 412 g/mol. The van der Waals surface area contributed by atoms with Crippen molar-refractivity contribution in [2.24, 2.45) is 7.05 Å². The van der Waals surface area contributed by atoms with Crippen LogP contribution in [0.4, 0.5) is 17.5 Å². The standard InChI is InChI=1S/C25H34N8/c1-16(2)33-15-27-22-21(33)23(29-20-12-19(25(4,5)6)9-8-17(20)3)31-24(30-22)26-11-10-18-13-28-32(7)14-18/h8-9,12-16H,10-11H2,1-7H3,(H2,26,29,30,31). The van der Waals surface area contributed by atoms with Gasteiger partial charge in [-0.3, -0.25) is 4.68 Å². The number of aryl methyl sites for hydroxylation is 2. The van der Waals surface area contributed by atoms with E-state index in [0.29, 0.717) is 18.1 Å². The summed E-state index contributed by atoms with van der Waals surface area (Å²) in [6, 6.07) is 6.81. The summed E-state index contributed by atoms with van der Waals surface area (Å²) < 4.78 is 3.92. The number of fused-ring (bicyclic) bond motifs is 1. The van der Waals surface area contributed by atoms with E-state index in [4.69, 9.17) is 4.98 Å². The molecule has 4 rings (SSSR count). The number of nitrogens with zero attached hydrogens (tertiary/aromatic N) is 6. The molecule has 174 valence electrons. The van der Waals surface area contributed by atoms with Crippen LogP contribution in [0.5, 0.6) is 0 Å². The molecule has 8 heteroatoms. The first kappa shape index (κ1) is 22.8. The molecule has 2 N–H and O–H groups in total. The van der Waals surface area contributed by atoms with Crippen LogP contribution in [-0.4, -0.2) is 35.8 Å². The molecule has 0 spiro atoms. The zero-order valence-corrected chi connectivity index (χ0v) is 20.6. The molecule has 0 fully saturated rings. The highest BCUT2D eigenvalue weighted by atomic mass is 15.2. The molecule has 0 unspecified atom stereocenters. The van der Waals surface area contributed by atoms with E-state index in [1.807, 2.05) is 30.5 Å². The number of nitrogens with one attached hydrogen (secondary N) is 2. The van der Waals surface area contributed by atoms with Gasteiger partial charge < -0.3 is 15.2 Å². The molecule has 0 radical (unpaired) electrons. The van der Waals surface area contributed by atoms with Crippen LogP contribution >= 0.6 is 0 Å². The first-order valence-corrected chi connectivity index (χ1v) is 11.5. The van der Waals surface area contributed by atoms with Gasteiger partial charge in [-0.1, -0.05) is 32.9 Å². The predicted octanol–water partition coefficient (Wildman–Crippen LogP) is 5.14. The van der Waals surface area contributed by atoms with Crippen molar-refractivity contribution in [3.8, 4) is 0 Å². The maximum Gasteiger partial charge on any atom is 0.226 e. The summed E-state index contributed by atoms with van der Waals surface area (Å²) in [5, 5.41) is 11.2. The largest absolute Gasteiger partial charge is 0.354 e. The fourth-order valence-corrected chi connectivity index (χ4v) is 3.77. The van der Waals surface area contributed by atoms with Crippen LogP contribution in [0.25, 0.3) is 11.2 Å². The fraction of sp³-hybridized carbons (Fsp3) is 0.440. The number of anilines is 3. The number of hydrogen-bond acceptors (Lipinski definition) is 6. The zero-order valence-electron chi connectivity index (χ0n) is 20.6. The second-order valence-electron chi connectivity index (χ2n) is 9.92. The number of aromatic nitrogens is 6. The van der Waals surface area contributed by atoms with Crippen LogP contribution in [0.2, 0.25) is 0 Å². The maximum atomic E-state index is 4.87. The predicted molar refractivity (Wildman–Crippen MR) is 134 cm³/mol. The van der Waals surface area contributed by atoms with E-state index >= 15 is 0 Å². The van der Waals surface area contributed by atoms with Gasteiger partial charge in [-0.15, -0.1) is 0 Å². The van der Waals surface area contributed by atoms with Crippen LogP contribution in [-0.2, 0) is 18.9 Å². The van der Waals surface area contributed by atoms with Crippen molar-refractivity contribution < 1.29 is 0 Å². The average Bonchev–Trinajstić information content (AvgIpc) is 3.35. The molecule has 4 aromatic rings. The summed E-state index contributed by atoms with van der Waals surface area (Å²) in [5.74, 6) is 1.32. The molecule has 0 saturated carbocycles. The number of hydrogen-bond donors (Lipinski definition) is 2. The van der Waals surface area contributed by atoms with Gasteiger partial charge in [-0.25, -0.2) is 4.98 Å². The molecule has 3 heterocycles. The van der Waals surface area contributed by atoms with Crippen molar-refractivity contribution in [3.63, 3.8) is 0 Å². The van der Waals surface area contributed by atoms with Gasteiger partial charge in [0.1, 0.15) is 5.52 Å². The Morgan fingerprint density at radius 3 is 2.58 bits per heavy atom. The molecule has 1 aromatic carbocycles. The molecule has 0 aliphatic rings. The van der Waals surface area contributed by atoms with Crippen molar-refractivity contribution in [1.82, 2.24) is 29.3 Å². The lowest BCUT2D eigenvalue weighted by Crippen LogP contribution is -2.13. The lowest BCUT2D eigenvalue weighted by molar-refractivity contribution is 0.590. The van der Waals surface area contributed by atoms with Crippen molar-refractivity contribution in [2.45, 2.75) is 59.4 Å². The van der Waals surface area contributed by atoms with Gasteiger partial charge in [0.25, 0.3) is 0 Å². The minimum Gasteiger partial charge on any atom is -0.354 e. The summed E-state index contributed by atoms with van der Waals surface area (Å²) in [6.45, 7) is 13.8. The Balaban J connectivity index is 1.68. The van der Waals surface area contributed by atoms with E-state index in [1.54, 1.807) is 0 Å². The number of rotatable bonds is 7. The summed E-state index contributed by atoms with van der Waals surface area (Å²) in [7, 11) is 1.92. The minimum atomic E-state index is 0.0594. The van der Waals surface area contributed by atoms with E-state index in [1.165, 1.54) is 11.1 Å². The first-order valence-electron chi connectivity index (χ1n) is 11.5. The Kier molecular flexibility index (Phi) is 6.10. The summed E-state index contributed by atoms with van der Waals surface area (Å²) in [5.41, 5.74) is 6.29. The van der Waals surface area contributed by atoms with Gasteiger partial charge in [0.2, 0.25) is 5.95 Å². The summed E-state index contributed by atoms with van der Waals surface area (Å²) in [6.07, 6.45) is 6.58. The molecule has 8 nitrogen and oxygen atoms in total. The van der Waals surface area contributed by atoms with Gasteiger partial charge in [0.15, 0.2) is 11.5 Å². The minimum absolute atomic E-state index is 0.0594. The average molecular weight is 447 g/mol. The second kappa shape index (κ2) is 8.84. The van der Waals surface area contributed by atoms with Crippen LogP contribution in [0.3, 0.4) is 0 Å². The molecule has 0 aliphatic carbocycles. The molecule has 0 bridgehead atoms. The van der Waals surface area contributed by atoms with Gasteiger partial charge in [0, 0.05) is 31.5 Å². The van der Waals surface area contributed by atoms with E-state index < -0.39 is 0 Å². The van der Waals surface area contributed by atoms with Crippen LogP contribution in [0.15, 0.2) is 36.9 Å². The summed E-state index contributed by atoms with van der Waals surface area (Å²) in [4.78, 5) is 14.1. The van der Waals surface area contributed by atoms with Gasteiger partial charge in [-0.05, 0) is 55.4 Å². The number of benzene rings is 1. The van der Waals surface area contributed by atoms with Crippen LogP contribution < -0.4 is 10.6 Å². The van der Waals surface area contributed by atoms with Gasteiger partial charge >= 0.3 is 0 Å². The highest BCUT2D eigenvalue weighted by Crippen LogP contribution is 2.31. The Labute approximate surface area is 195 Å². The highest BCUT2D eigenvalue weighted by Gasteiger charge is 2.18. The van der Waals surface area contributed by atoms with Crippen LogP contribution in [0, 0.1) is 6.92 Å². The monoisotopic (exact) mass is 446 g/mol. The van der Waals surface area contributed by atoms with Crippen LogP contribution in [0.1, 0.15) is 57.4 Å². The Morgan fingerprint density at radius 2 is 1.91 bits per heavy atom. The summed E-state index contributed by atoms with van der Waals surface area (Å²) >= 11 is 0. The second-order valence-corrected chi connectivity index (χ2v) is 9.92. The third-order valence-electron chi connectivity index (χ3n) is 5.80. The van der Waals surface area contributed by atoms with E-state index in [9.17, 15) is 0 Å². The molecule has 33 heavy (non-hydrogen) atoms. The topological polar surface area (TPSA) is 85.5 Å². The van der Waals surface area contributed by atoms with Gasteiger partial charge in [0.05, 0.1) is 12.5 Å². The molecule has 3 aromatic heterocycles.